The minimum atomic E-state index is -1.27. The van der Waals surface area contributed by atoms with Crippen LogP contribution in [0, 0.1) is 0 Å². The number of rotatable bonds is 14. The predicted octanol–water partition coefficient (Wildman–Crippen LogP) is -0.0284. The maximum Gasteiger partial charge on any atom is 0.352 e. The lowest BCUT2D eigenvalue weighted by Crippen LogP contribution is -2.71. The van der Waals surface area contributed by atoms with Gasteiger partial charge in [0.25, 0.3) is 11.8 Å². The van der Waals surface area contributed by atoms with Crippen LogP contribution in [0.25, 0.3) is 0 Å². The van der Waals surface area contributed by atoms with Crippen molar-refractivity contribution < 1.29 is 33.9 Å². The van der Waals surface area contributed by atoms with Crippen LogP contribution in [0.15, 0.2) is 21.6 Å². The molecule has 2 aliphatic heterocycles. The summed E-state index contributed by atoms with van der Waals surface area (Å²) in [6.07, 6.45) is 3.94. The molecule has 3 unspecified atom stereocenters. The van der Waals surface area contributed by atoms with Crippen molar-refractivity contribution in [3.8, 4) is 0 Å². The third-order valence-corrected chi connectivity index (χ3v) is 10.2. The number of aryl methyl sites for hydroxylation is 1. The van der Waals surface area contributed by atoms with E-state index < -0.39 is 47.0 Å². The van der Waals surface area contributed by atoms with Crippen molar-refractivity contribution in [3.63, 3.8) is 0 Å². The third-order valence-electron chi connectivity index (χ3n) is 7.32. The fourth-order valence-corrected chi connectivity index (χ4v) is 7.79. The number of nitrogen functional groups attached to an aromatic ring is 1. The highest BCUT2D eigenvalue weighted by Crippen LogP contribution is 2.41. The van der Waals surface area contributed by atoms with E-state index in [1.807, 2.05) is 0 Å². The molecule has 2 fully saturated rings. The topological polar surface area (TPSA) is 256 Å². The summed E-state index contributed by atoms with van der Waals surface area (Å²) in [5.74, 6) is -3.02. The summed E-state index contributed by atoms with van der Waals surface area (Å²) in [5, 5.41) is 28.0. The number of thioether (sulfide) groups is 2. The van der Waals surface area contributed by atoms with Gasteiger partial charge in [-0.15, -0.1) is 16.9 Å². The number of aliphatic carboxylic acids is 1. The summed E-state index contributed by atoms with van der Waals surface area (Å²) in [7, 11) is 0. The van der Waals surface area contributed by atoms with Gasteiger partial charge < -0.3 is 31.5 Å². The van der Waals surface area contributed by atoms with Gasteiger partial charge in [-0.2, -0.15) is 9.36 Å². The van der Waals surface area contributed by atoms with E-state index in [1.165, 1.54) is 30.4 Å². The van der Waals surface area contributed by atoms with E-state index in [1.54, 1.807) is 4.68 Å². The van der Waals surface area contributed by atoms with Gasteiger partial charge in [-0.05, 0) is 61.6 Å². The molecule has 1 aliphatic carbocycles. The molecule has 18 nitrogen and oxygen atoms in total. The Labute approximate surface area is 275 Å². The van der Waals surface area contributed by atoms with E-state index in [0.717, 1.165) is 48.5 Å². The number of oxime groups is 1. The number of nitrogens with one attached hydrogen (secondary N) is 1. The smallest absolute Gasteiger partial charge is 0.352 e. The van der Waals surface area contributed by atoms with Gasteiger partial charge in [0, 0.05) is 29.6 Å². The molecule has 0 spiro atoms. The van der Waals surface area contributed by atoms with Gasteiger partial charge in [-0.1, -0.05) is 23.3 Å². The lowest BCUT2D eigenvalue weighted by molar-refractivity contribution is -0.163. The average molecular weight is 696 g/mol. The highest BCUT2D eigenvalue weighted by atomic mass is 32.2. The highest BCUT2D eigenvalue weighted by Gasteiger charge is 2.54. The standard InChI is InChI=1S/C25H33N11O7S3/c1-12(23(41)42-14-6-3-2-4-7-14)43-31-15(18-29-24(27)46-32-18)19(37)28-16-20(38)36-17(22(39)40)13(10-44-21(16)36)11-45-25-30-33-34-35(25)9-5-8-26/h12,14,16,21H,2-11,26H2,1H3,(H,28,37)(H,39,40)(H2,27,29,32)/b31-15+. The summed E-state index contributed by atoms with van der Waals surface area (Å²) in [6.45, 7) is 2.42. The molecule has 0 aromatic carbocycles. The van der Waals surface area contributed by atoms with Crippen molar-refractivity contribution in [1.82, 2.24) is 39.8 Å². The van der Waals surface area contributed by atoms with Gasteiger partial charge in [0.15, 0.2) is 5.13 Å². The van der Waals surface area contributed by atoms with Crippen molar-refractivity contribution in [3.05, 3.63) is 17.1 Å². The van der Waals surface area contributed by atoms with E-state index >= 15 is 0 Å². The largest absolute Gasteiger partial charge is 0.477 e. The van der Waals surface area contributed by atoms with Crippen molar-refractivity contribution in [1.29, 1.82) is 0 Å². The Morgan fingerprint density at radius 1 is 1.26 bits per heavy atom. The number of nitrogens with zero attached hydrogens (tertiary/aromatic N) is 8. The van der Waals surface area contributed by atoms with Gasteiger partial charge in [0.1, 0.15) is 23.2 Å². The molecule has 2 amide bonds. The quantitative estimate of drug-likeness (QED) is 0.0665. The lowest BCUT2D eigenvalue weighted by atomic mass is 9.98. The number of carbonyl (C=O) groups is 4. The Bertz CT molecular complexity index is 1520. The minimum absolute atomic E-state index is 0.0593. The van der Waals surface area contributed by atoms with Crippen molar-refractivity contribution >= 4 is 69.7 Å². The molecule has 248 valence electrons. The number of anilines is 1. The first-order valence-electron chi connectivity index (χ1n) is 14.5. The molecule has 21 heteroatoms. The number of carboxylic acid groups (broad SMARTS) is 1. The monoisotopic (exact) mass is 695 g/mol. The molecule has 1 saturated heterocycles. The first-order chi connectivity index (χ1) is 22.2. The van der Waals surface area contributed by atoms with Crippen LogP contribution in [0.1, 0.15) is 51.3 Å². The van der Waals surface area contributed by atoms with E-state index in [2.05, 4.69) is 35.4 Å². The van der Waals surface area contributed by atoms with Gasteiger partial charge in [0.2, 0.25) is 22.8 Å². The Morgan fingerprint density at radius 3 is 2.74 bits per heavy atom. The van der Waals surface area contributed by atoms with Crippen molar-refractivity contribution in [2.24, 2.45) is 10.9 Å². The molecule has 0 radical (unpaired) electrons. The number of hydrogen-bond donors (Lipinski definition) is 4. The SMILES string of the molecule is CC(O/N=C(/C(=O)NC1C(=O)N2C(C(=O)O)=C(CSc3nnnn3CCCN)CSC12)c1nsc(N)n1)C(=O)OC1CCCCC1. The molecule has 0 bridgehead atoms. The van der Waals surface area contributed by atoms with E-state index in [9.17, 15) is 24.3 Å². The predicted molar refractivity (Wildman–Crippen MR) is 166 cm³/mol. The lowest BCUT2D eigenvalue weighted by Gasteiger charge is -2.49. The summed E-state index contributed by atoms with van der Waals surface area (Å²) >= 11 is 3.37. The number of fused-ring (bicyclic) bond motifs is 1. The highest BCUT2D eigenvalue weighted by molar-refractivity contribution is 8.01. The maximum absolute atomic E-state index is 13.4. The molecule has 3 atom stereocenters. The number of β-lactam (4-membered cyclic amide) rings is 1. The number of nitrogens with two attached hydrogens (primary N) is 2. The second-order valence-corrected chi connectivity index (χ2v) is 13.4. The number of carboxylic acids is 1. The number of amides is 2. The zero-order valence-electron chi connectivity index (χ0n) is 24.7. The molecular weight excluding hydrogens is 663 g/mol. The van der Waals surface area contributed by atoms with Crippen LogP contribution in [0.4, 0.5) is 5.13 Å². The Kier molecular flexibility index (Phi) is 11.1. The van der Waals surface area contributed by atoms with Crippen LogP contribution in [-0.2, 0) is 35.3 Å². The minimum Gasteiger partial charge on any atom is -0.477 e. The van der Waals surface area contributed by atoms with Crippen LogP contribution < -0.4 is 16.8 Å². The summed E-state index contributed by atoms with van der Waals surface area (Å²) in [6, 6.07) is -1.07. The molecule has 2 aromatic heterocycles. The van der Waals surface area contributed by atoms with Gasteiger partial charge in [-0.25, -0.2) is 14.3 Å². The zero-order chi connectivity index (χ0) is 32.8. The first-order valence-corrected chi connectivity index (χ1v) is 17.3. The Balaban J connectivity index is 1.25. The third kappa shape index (κ3) is 7.58. The number of esters is 1. The molecule has 4 heterocycles. The molecule has 5 rings (SSSR count). The summed E-state index contributed by atoms with van der Waals surface area (Å²) in [5.41, 5.74) is 11.2. The van der Waals surface area contributed by atoms with Gasteiger partial charge >= 0.3 is 11.9 Å². The zero-order valence-corrected chi connectivity index (χ0v) is 27.2. The first kappa shape index (κ1) is 33.5. The van der Waals surface area contributed by atoms with Crippen LogP contribution >= 0.6 is 35.1 Å². The van der Waals surface area contributed by atoms with Gasteiger partial charge in [0.05, 0.1) is 0 Å². The number of carbonyl (C=O) groups excluding carboxylic acids is 3. The fraction of sp³-hybridized carbons (Fsp3) is 0.600. The van der Waals surface area contributed by atoms with Crippen LogP contribution in [-0.4, -0.2) is 111 Å². The molecule has 3 aliphatic rings. The van der Waals surface area contributed by atoms with E-state index in [-0.39, 0.29) is 34.3 Å². The number of tetrazole rings is 1. The van der Waals surface area contributed by atoms with E-state index in [0.29, 0.717) is 30.2 Å². The second-order valence-electron chi connectivity index (χ2n) is 10.6. The Morgan fingerprint density at radius 2 is 2.04 bits per heavy atom. The number of hydrogen-bond acceptors (Lipinski definition) is 17. The molecule has 46 heavy (non-hydrogen) atoms. The van der Waals surface area contributed by atoms with Crippen LogP contribution in [0.3, 0.4) is 0 Å². The normalized spacial score (nSPS) is 21.0. The summed E-state index contributed by atoms with van der Waals surface area (Å²) in [4.78, 5) is 62.0. The summed E-state index contributed by atoms with van der Waals surface area (Å²) < 4.78 is 11.1. The van der Waals surface area contributed by atoms with Gasteiger partial charge in [-0.3, -0.25) is 14.5 Å². The second kappa shape index (κ2) is 15.2. The van der Waals surface area contributed by atoms with Crippen LogP contribution in [0.5, 0.6) is 0 Å². The number of aromatic nitrogens is 6. The van der Waals surface area contributed by atoms with Crippen molar-refractivity contribution in [2.45, 2.75) is 80.8 Å². The van der Waals surface area contributed by atoms with E-state index in [4.69, 9.17) is 21.0 Å². The molecular formula is C25H33N11O7S3. The molecule has 1 saturated carbocycles. The maximum atomic E-state index is 13.4. The van der Waals surface area contributed by atoms with Crippen LogP contribution in [0.2, 0.25) is 0 Å². The molecule has 6 N–H and O–H groups in total. The Hall–Kier alpha value is -3.82. The fourth-order valence-electron chi connectivity index (χ4n) is 4.97. The van der Waals surface area contributed by atoms with Crippen molar-refractivity contribution in [2.75, 3.05) is 23.8 Å². The molecule has 2 aromatic rings. The number of ether oxygens (including phenoxy) is 1. The average Bonchev–Trinajstić information content (AvgIpc) is 3.69.